The molecule has 0 amide bonds. The zero-order valence-electron chi connectivity index (χ0n) is 9.67. The molecule has 16 heavy (non-hydrogen) atoms. The van der Waals surface area contributed by atoms with E-state index in [-0.39, 0.29) is 0 Å². The Hall–Kier alpha value is -1.02. The van der Waals surface area contributed by atoms with Crippen molar-refractivity contribution in [3.8, 4) is 5.75 Å². The third kappa shape index (κ3) is 1.94. The van der Waals surface area contributed by atoms with E-state index < -0.39 is 0 Å². The van der Waals surface area contributed by atoms with Crippen molar-refractivity contribution in [3.63, 3.8) is 0 Å². The SMILES string of the molecule is c1cc2c(cc1C1CCCNC1)CCCO2. The average Bonchev–Trinajstić information content (AvgIpc) is 2.39. The molecule has 1 fully saturated rings. The first-order chi connectivity index (χ1) is 7.93. The van der Waals surface area contributed by atoms with E-state index >= 15 is 0 Å². The number of aryl methyl sites for hydroxylation is 1. The Morgan fingerprint density at radius 1 is 1.25 bits per heavy atom. The Balaban J connectivity index is 1.84. The summed E-state index contributed by atoms with van der Waals surface area (Å²) < 4.78 is 5.65. The number of benzene rings is 1. The highest BCUT2D eigenvalue weighted by molar-refractivity contribution is 5.40. The average molecular weight is 217 g/mol. The molecule has 0 bridgehead atoms. The highest BCUT2D eigenvalue weighted by Crippen LogP contribution is 2.30. The fourth-order valence-electron chi connectivity index (χ4n) is 2.77. The maximum atomic E-state index is 5.65. The molecule has 2 aliphatic rings. The van der Waals surface area contributed by atoms with Gasteiger partial charge >= 0.3 is 0 Å². The summed E-state index contributed by atoms with van der Waals surface area (Å²) in [5.41, 5.74) is 2.91. The van der Waals surface area contributed by atoms with Gasteiger partial charge in [0.05, 0.1) is 6.61 Å². The van der Waals surface area contributed by atoms with Crippen LogP contribution in [0, 0.1) is 0 Å². The van der Waals surface area contributed by atoms with Crippen molar-refractivity contribution in [3.05, 3.63) is 29.3 Å². The molecule has 2 heterocycles. The number of hydrogen-bond donors (Lipinski definition) is 1. The molecular weight excluding hydrogens is 198 g/mol. The van der Waals surface area contributed by atoms with E-state index in [9.17, 15) is 0 Å². The van der Waals surface area contributed by atoms with Gasteiger partial charge in [-0.2, -0.15) is 0 Å². The summed E-state index contributed by atoms with van der Waals surface area (Å²) in [4.78, 5) is 0. The second-order valence-electron chi connectivity index (χ2n) is 4.86. The minimum absolute atomic E-state index is 0.709. The highest BCUT2D eigenvalue weighted by Gasteiger charge is 2.17. The third-order valence-corrected chi connectivity index (χ3v) is 3.70. The van der Waals surface area contributed by atoms with Crippen LogP contribution in [-0.4, -0.2) is 19.7 Å². The van der Waals surface area contributed by atoms with Crippen LogP contribution in [0.1, 0.15) is 36.3 Å². The third-order valence-electron chi connectivity index (χ3n) is 3.70. The summed E-state index contributed by atoms with van der Waals surface area (Å²) in [5.74, 6) is 1.82. The van der Waals surface area contributed by atoms with Crippen LogP contribution in [0.5, 0.6) is 5.75 Å². The summed E-state index contributed by atoms with van der Waals surface area (Å²) in [5, 5.41) is 3.48. The molecule has 1 atom stereocenters. The largest absolute Gasteiger partial charge is 0.493 e. The second kappa shape index (κ2) is 4.46. The molecule has 86 valence electrons. The van der Waals surface area contributed by atoms with Crippen LogP contribution in [0.2, 0.25) is 0 Å². The minimum Gasteiger partial charge on any atom is -0.493 e. The summed E-state index contributed by atoms with van der Waals surface area (Å²) in [6.07, 6.45) is 4.98. The molecule has 1 unspecified atom stereocenters. The fourth-order valence-corrected chi connectivity index (χ4v) is 2.77. The molecular formula is C14H19NO. The van der Waals surface area contributed by atoms with Gasteiger partial charge < -0.3 is 10.1 Å². The molecule has 2 heteroatoms. The molecule has 1 N–H and O–H groups in total. The maximum absolute atomic E-state index is 5.65. The van der Waals surface area contributed by atoms with E-state index in [1.165, 1.54) is 43.4 Å². The van der Waals surface area contributed by atoms with Gasteiger partial charge in [-0.1, -0.05) is 12.1 Å². The van der Waals surface area contributed by atoms with Crippen LogP contribution in [0.3, 0.4) is 0 Å². The Bertz CT molecular complexity index is 369. The van der Waals surface area contributed by atoms with Crippen molar-refractivity contribution in [1.82, 2.24) is 5.32 Å². The summed E-state index contributed by atoms with van der Waals surface area (Å²) in [7, 11) is 0. The highest BCUT2D eigenvalue weighted by atomic mass is 16.5. The van der Waals surface area contributed by atoms with Gasteiger partial charge in [0.2, 0.25) is 0 Å². The number of ether oxygens (including phenoxy) is 1. The quantitative estimate of drug-likeness (QED) is 0.780. The van der Waals surface area contributed by atoms with Crippen molar-refractivity contribution >= 4 is 0 Å². The first-order valence-electron chi connectivity index (χ1n) is 6.40. The molecule has 2 aliphatic heterocycles. The van der Waals surface area contributed by atoms with Crippen molar-refractivity contribution < 1.29 is 4.74 Å². The molecule has 1 saturated heterocycles. The lowest BCUT2D eigenvalue weighted by atomic mass is 9.89. The predicted octanol–water partition coefficient (Wildman–Crippen LogP) is 2.48. The van der Waals surface area contributed by atoms with Gasteiger partial charge in [-0.05, 0) is 55.3 Å². The van der Waals surface area contributed by atoms with Gasteiger partial charge in [0, 0.05) is 6.54 Å². The molecule has 3 rings (SSSR count). The van der Waals surface area contributed by atoms with Crippen molar-refractivity contribution in [2.45, 2.75) is 31.6 Å². The summed E-state index contributed by atoms with van der Waals surface area (Å²) in [6.45, 7) is 3.21. The maximum Gasteiger partial charge on any atom is 0.122 e. The Kier molecular flexibility index (Phi) is 2.83. The number of fused-ring (bicyclic) bond motifs is 1. The number of nitrogens with one attached hydrogen (secondary N) is 1. The first kappa shape index (κ1) is 10.2. The van der Waals surface area contributed by atoms with Gasteiger partial charge in [-0.15, -0.1) is 0 Å². The lowest BCUT2D eigenvalue weighted by molar-refractivity contribution is 0.288. The monoisotopic (exact) mass is 217 g/mol. The van der Waals surface area contributed by atoms with Gasteiger partial charge in [0.25, 0.3) is 0 Å². The molecule has 0 saturated carbocycles. The minimum atomic E-state index is 0.709. The smallest absolute Gasteiger partial charge is 0.122 e. The van der Waals surface area contributed by atoms with Gasteiger partial charge in [0.1, 0.15) is 5.75 Å². The van der Waals surface area contributed by atoms with Gasteiger partial charge in [0.15, 0.2) is 0 Å². The van der Waals surface area contributed by atoms with Crippen LogP contribution in [0.4, 0.5) is 0 Å². The van der Waals surface area contributed by atoms with Crippen molar-refractivity contribution in [1.29, 1.82) is 0 Å². The Morgan fingerprint density at radius 3 is 3.12 bits per heavy atom. The zero-order valence-corrected chi connectivity index (χ0v) is 9.67. The van der Waals surface area contributed by atoms with E-state index in [0.717, 1.165) is 18.9 Å². The van der Waals surface area contributed by atoms with Crippen LogP contribution >= 0.6 is 0 Å². The van der Waals surface area contributed by atoms with Crippen LogP contribution < -0.4 is 10.1 Å². The summed E-state index contributed by atoms with van der Waals surface area (Å²) in [6, 6.07) is 6.78. The van der Waals surface area contributed by atoms with E-state index in [4.69, 9.17) is 4.74 Å². The van der Waals surface area contributed by atoms with E-state index in [0.29, 0.717) is 5.92 Å². The molecule has 0 aliphatic carbocycles. The molecule has 0 spiro atoms. The van der Waals surface area contributed by atoms with Crippen LogP contribution in [0.25, 0.3) is 0 Å². The van der Waals surface area contributed by atoms with Gasteiger partial charge in [-0.25, -0.2) is 0 Å². The normalized spacial score (nSPS) is 24.6. The van der Waals surface area contributed by atoms with Gasteiger partial charge in [-0.3, -0.25) is 0 Å². The van der Waals surface area contributed by atoms with E-state index in [1.807, 2.05) is 0 Å². The number of rotatable bonds is 1. The molecule has 0 radical (unpaired) electrons. The van der Waals surface area contributed by atoms with E-state index in [1.54, 1.807) is 0 Å². The predicted molar refractivity (Wildman–Crippen MR) is 65.1 cm³/mol. The lowest BCUT2D eigenvalue weighted by Crippen LogP contribution is -2.28. The zero-order chi connectivity index (χ0) is 10.8. The number of hydrogen-bond acceptors (Lipinski definition) is 2. The molecule has 1 aromatic rings. The second-order valence-corrected chi connectivity index (χ2v) is 4.86. The topological polar surface area (TPSA) is 21.3 Å². The van der Waals surface area contributed by atoms with Crippen LogP contribution in [-0.2, 0) is 6.42 Å². The Labute approximate surface area is 97.0 Å². The standard InChI is InChI=1S/C14H19NO/c1-3-13(10-15-7-1)11-5-6-14-12(9-11)4-2-8-16-14/h5-6,9,13,15H,1-4,7-8,10H2. The van der Waals surface area contributed by atoms with Crippen molar-refractivity contribution in [2.24, 2.45) is 0 Å². The first-order valence-corrected chi connectivity index (χ1v) is 6.40. The number of piperidine rings is 1. The van der Waals surface area contributed by atoms with E-state index in [2.05, 4.69) is 23.5 Å². The molecule has 1 aromatic carbocycles. The molecule has 0 aromatic heterocycles. The van der Waals surface area contributed by atoms with Crippen molar-refractivity contribution in [2.75, 3.05) is 19.7 Å². The van der Waals surface area contributed by atoms with Crippen LogP contribution in [0.15, 0.2) is 18.2 Å². The summed E-state index contributed by atoms with van der Waals surface area (Å²) >= 11 is 0. The Morgan fingerprint density at radius 2 is 2.25 bits per heavy atom. The molecule has 2 nitrogen and oxygen atoms in total. The fraction of sp³-hybridized carbons (Fsp3) is 0.571. The lowest BCUT2D eigenvalue weighted by Gasteiger charge is -2.25.